The summed E-state index contributed by atoms with van der Waals surface area (Å²) in [4.78, 5) is 26.5. The van der Waals surface area contributed by atoms with E-state index in [1.165, 1.54) is 30.0 Å². The van der Waals surface area contributed by atoms with E-state index in [2.05, 4.69) is 34.4 Å². The number of ether oxygens (including phenoxy) is 3. The summed E-state index contributed by atoms with van der Waals surface area (Å²) in [5.74, 6) is -3.69. The van der Waals surface area contributed by atoms with Crippen molar-refractivity contribution >= 4 is 12.0 Å². The fourth-order valence-electron chi connectivity index (χ4n) is 3.81. The summed E-state index contributed by atoms with van der Waals surface area (Å²) in [6.45, 7) is -2.48. The SMILES string of the molecule is C[C@@]1(c2cc(-c3cc(-c4ncc(OCCOC(F)F)cn4)no3)ccc2F)C[C@@H](C(F)(F)F)OC(NOC(=O)C(F)(F)F)=N1. The quantitative estimate of drug-likeness (QED) is 0.201. The highest BCUT2D eigenvalue weighted by Crippen LogP contribution is 2.42. The monoisotopic (exact) mass is 643 g/mol. The first kappa shape index (κ1) is 32.3. The number of nitrogens with zero attached hydrogens (tertiary/aromatic N) is 4. The maximum absolute atomic E-state index is 15.0. The van der Waals surface area contributed by atoms with Gasteiger partial charge in [-0.1, -0.05) is 5.16 Å². The molecule has 3 heterocycles. The summed E-state index contributed by atoms with van der Waals surface area (Å²) in [7, 11) is 0. The van der Waals surface area contributed by atoms with Gasteiger partial charge in [-0.25, -0.2) is 24.1 Å². The Morgan fingerprint density at radius 3 is 2.45 bits per heavy atom. The smallest absolute Gasteiger partial charge is 0.488 e. The molecule has 0 bridgehead atoms. The maximum Gasteiger partial charge on any atom is 0.493 e. The van der Waals surface area contributed by atoms with Crippen molar-refractivity contribution in [2.45, 2.75) is 44.0 Å². The van der Waals surface area contributed by atoms with E-state index in [-0.39, 0.29) is 41.8 Å². The Labute approximate surface area is 239 Å². The average Bonchev–Trinajstić information content (AvgIpc) is 3.43. The topological polar surface area (TPSA) is 130 Å². The molecule has 0 spiro atoms. The van der Waals surface area contributed by atoms with Gasteiger partial charge in [0.05, 0.1) is 24.5 Å². The number of aliphatic imine (C=N–C) groups is 1. The predicted molar refractivity (Wildman–Crippen MR) is 126 cm³/mol. The van der Waals surface area contributed by atoms with Gasteiger partial charge in [0, 0.05) is 23.6 Å². The minimum Gasteiger partial charge on any atom is -0.488 e. The zero-order chi connectivity index (χ0) is 32.3. The highest BCUT2D eigenvalue weighted by molar-refractivity contribution is 5.80. The standard InChI is InChI=1S/C24H18F9N5O6/c1-22(8-17(23(28,29)30)42-21(36-22)38-44-19(39)24(31,32)33)13-6-11(2-3-14(13)25)16-7-15(37-43-16)18-34-9-12(10-35-18)40-4-5-41-20(26)27/h2-3,6-7,9-10,17,20H,4-5,8H2,1H3,(H,36,38)/t17-,22-/m0/s1. The Morgan fingerprint density at radius 1 is 1.11 bits per heavy atom. The number of amidine groups is 1. The molecule has 1 aromatic carbocycles. The number of aromatic nitrogens is 3. The van der Waals surface area contributed by atoms with E-state index < -0.39 is 60.4 Å². The van der Waals surface area contributed by atoms with Crippen LogP contribution in [0.15, 0.2) is 46.2 Å². The number of carbonyl (C=O) groups is 1. The number of hydrogen-bond acceptors (Lipinski definition) is 11. The van der Waals surface area contributed by atoms with E-state index in [4.69, 9.17) is 9.26 Å². The Kier molecular flexibility index (Phi) is 9.21. The van der Waals surface area contributed by atoms with Gasteiger partial charge in [-0.15, -0.1) is 0 Å². The molecule has 1 aliphatic rings. The average molecular weight is 643 g/mol. The van der Waals surface area contributed by atoms with Gasteiger partial charge in [-0.2, -0.15) is 40.6 Å². The molecule has 44 heavy (non-hydrogen) atoms. The van der Waals surface area contributed by atoms with Crippen LogP contribution in [0.5, 0.6) is 5.75 Å². The summed E-state index contributed by atoms with van der Waals surface area (Å²) >= 11 is 0. The van der Waals surface area contributed by atoms with Crippen molar-refractivity contribution in [2.75, 3.05) is 13.2 Å². The first-order valence-electron chi connectivity index (χ1n) is 12.0. The molecule has 1 N–H and O–H groups in total. The van der Waals surface area contributed by atoms with Crippen LogP contribution in [0.2, 0.25) is 0 Å². The molecule has 238 valence electrons. The minimum absolute atomic E-state index is 0.0150. The fraction of sp³-hybridized carbons (Fsp3) is 0.375. The van der Waals surface area contributed by atoms with Gasteiger partial charge >= 0.3 is 31.0 Å². The third-order valence-corrected chi connectivity index (χ3v) is 5.81. The molecule has 0 radical (unpaired) electrons. The predicted octanol–water partition coefficient (Wildman–Crippen LogP) is 5.09. The largest absolute Gasteiger partial charge is 0.493 e. The Bertz CT molecular complexity index is 1500. The molecule has 0 amide bonds. The molecular formula is C24H18F9N5O6. The number of alkyl halides is 8. The van der Waals surface area contributed by atoms with Gasteiger partial charge < -0.3 is 23.6 Å². The number of benzene rings is 1. The zero-order valence-electron chi connectivity index (χ0n) is 21.9. The van der Waals surface area contributed by atoms with Crippen molar-refractivity contribution in [2.24, 2.45) is 4.99 Å². The molecule has 0 fully saturated rings. The van der Waals surface area contributed by atoms with Crippen LogP contribution in [0.3, 0.4) is 0 Å². The van der Waals surface area contributed by atoms with Crippen LogP contribution in [0.1, 0.15) is 18.9 Å². The highest BCUT2D eigenvalue weighted by Gasteiger charge is 2.51. The van der Waals surface area contributed by atoms with E-state index in [1.807, 2.05) is 0 Å². The van der Waals surface area contributed by atoms with Gasteiger partial charge in [0.1, 0.15) is 12.4 Å². The van der Waals surface area contributed by atoms with Crippen molar-refractivity contribution in [3.05, 3.63) is 48.0 Å². The van der Waals surface area contributed by atoms with E-state index >= 15 is 4.39 Å². The third kappa shape index (κ3) is 7.85. The number of halogens is 9. The van der Waals surface area contributed by atoms with Crippen molar-refractivity contribution in [1.29, 1.82) is 0 Å². The summed E-state index contributed by atoms with van der Waals surface area (Å²) in [6.07, 6.45) is -11.8. The molecule has 1 aliphatic heterocycles. The number of hydroxylamine groups is 1. The molecule has 2 aromatic heterocycles. The molecule has 0 unspecified atom stereocenters. The third-order valence-electron chi connectivity index (χ3n) is 5.81. The second kappa shape index (κ2) is 12.5. The molecular weight excluding hydrogens is 625 g/mol. The first-order chi connectivity index (χ1) is 20.5. The Hall–Kier alpha value is -4.62. The first-order valence-corrected chi connectivity index (χ1v) is 12.0. The summed E-state index contributed by atoms with van der Waals surface area (Å²) in [5.41, 5.74) is -1.06. The van der Waals surface area contributed by atoms with E-state index in [0.29, 0.717) is 0 Å². The molecule has 20 heteroatoms. The van der Waals surface area contributed by atoms with Gasteiger partial charge in [-0.3, -0.25) is 0 Å². The maximum atomic E-state index is 15.0. The Morgan fingerprint density at radius 2 is 1.82 bits per heavy atom. The van der Waals surface area contributed by atoms with Crippen molar-refractivity contribution in [1.82, 2.24) is 20.6 Å². The lowest BCUT2D eigenvalue weighted by atomic mass is 9.84. The highest BCUT2D eigenvalue weighted by atomic mass is 19.4. The molecule has 11 nitrogen and oxygen atoms in total. The van der Waals surface area contributed by atoms with Gasteiger partial charge in [-0.05, 0) is 25.1 Å². The molecule has 4 rings (SSSR count). The van der Waals surface area contributed by atoms with Crippen LogP contribution in [-0.4, -0.2) is 65.4 Å². The molecule has 3 aromatic rings. The van der Waals surface area contributed by atoms with Crippen LogP contribution in [0.4, 0.5) is 39.5 Å². The fourth-order valence-corrected chi connectivity index (χ4v) is 3.81. The van der Waals surface area contributed by atoms with Crippen LogP contribution in [0.25, 0.3) is 22.8 Å². The van der Waals surface area contributed by atoms with Crippen molar-refractivity contribution in [3.8, 4) is 28.6 Å². The van der Waals surface area contributed by atoms with Crippen LogP contribution in [0, 0.1) is 5.82 Å². The van der Waals surface area contributed by atoms with Crippen LogP contribution >= 0.6 is 0 Å². The van der Waals surface area contributed by atoms with Gasteiger partial charge in [0.15, 0.2) is 29.1 Å². The second-order valence-electron chi connectivity index (χ2n) is 9.03. The van der Waals surface area contributed by atoms with E-state index in [1.54, 1.807) is 0 Å². The molecule has 0 saturated carbocycles. The Balaban J connectivity index is 1.57. The normalized spacial score (nSPS) is 18.9. The summed E-state index contributed by atoms with van der Waals surface area (Å²) < 4.78 is 136. The minimum atomic E-state index is -5.49. The van der Waals surface area contributed by atoms with E-state index in [0.717, 1.165) is 19.1 Å². The number of rotatable bonds is 8. The number of hydrogen-bond donors (Lipinski definition) is 1. The van der Waals surface area contributed by atoms with Crippen molar-refractivity contribution < 1.29 is 67.9 Å². The van der Waals surface area contributed by atoms with Crippen molar-refractivity contribution in [3.63, 3.8) is 0 Å². The zero-order valence-corrected chi connectivity index (χ0v) is 21.9. The van der Waals surface area contributed by atoms with Gasteiger partial charge in [0.2, 0.25) is 0 Å². The number of carbonyl (C=O) groups excluding carboxylic acids is 1. The van der Waals surface area contributed by atoms with Crippen LogP contribution < -0.4 is 10.2 Å². The summed E-state index contributed by atoms with van der Waals surface area (Å²) in [5, 5.41) is 3.80. The van der Waals surface area contributed by atoms with E-state index in [9.17, 15) is 39.9 Å². The van der Waals surface area contributed by atoms with Crippen LogP contribution in [-0.2, 0) is 24.6 Å². The number of nitrogens with one attached hydrogen (secondary N) is 1. The molecule has 0 aliphatic carbocycles. The van der Waals surface area contributed by atoms with Gasteiger partial charge in [0.25, 0.3) is 0 Å². The lowest BCUT2D eigenvalue weighted by Crippen LogP contribution is -2.48. The molecule has 2 atom stereocenters. The lowest BCUT2D eigenvalue weighted by Gasteiger charge is -2.36. The second-order valence-corrected chi connectivity index (χ2v) is 9.03. The lowest BCUT2D eigenvalue weighted by molar-refractivity contribution is -0.215. The molecule has 0 saturated heterocycles. The summed E-state index contributed by atoms with van der Waals surface area (Å²) in [6, 6.07) is 3.25.